The molecule has 0 aliphatic heterocycles. The molecule has 0 amide bonds. The number of rotatable bonds is 9. The summed E-state index contributed by atoms with van der Waals surface area (Å²) in [5, 5.41) is 17.1. The van der Waals surface area contributed by atoms with Gasteiger partial charge in [-0.25, -0.2) is 4.98 Å². The topological polar surface area (TPSA) is 80.1 Å². The molecule has 1 heterocycles. The monoisotopic (exact) mass is 266 g/mol. The number of anilines is 2. The minimum absolute atomic E-state index is 0.0251. The van der Waals surface area contributed by atoms with Crippen molar-refractivity contribution in [2.75, 3.05) is 23.7 Å². The number of hydrogen-bond donors (Lipinski definition) is 2. The lowest BCUT2D eigenvalue weighted by Crippen LogP contribution is -2.09. The first-order valence-corrected chi connectivity index (χ1v) is 6.82. The van der Waals surface area contributed by atoms with Crippen LogP contribution in [0.15, 0.2) is 12.1 Å². The second kappa shape index (κ2) is 8.29. The molecule has 1 aromatic rings. The zero-order valence-corrected chi connectivity index (χ0v) is 11.6. The number of unbranched alkanes of at least 4 members (excludes halogenated alkanes) is 2. The van der Waals surface area contributed by atoms with Crippen LogP contribution < -0.4 is 10.6 Å². The normalized spacial score (nSPS) is 10.2. The van der Waals surface area contributed by atoms with Gasteiger partial charge in [0.2, 0.25) is 5.82 Å². The molecular formula is C13H22N4O2. The minimum atomic E-state index is -0.406. The average molecular weight is 266 g/mol. The van der Waals surface area contributed by atoms with E-state index in [2.05, 4.69) is 29.5 Å². The molecule has 0 aromatic carbocycles. The predicted octanol–water partition coefficient (Wildman–Crippen LogP) is 3.41. The van der Waals surface area contributed by atoms with Crippen molar-refractivity contribution in [3.05, 3.63) is 22.2 Å². The summed E-state index contributed by atoms with van der Waals surface area (Å²) < 4.78 is 0. The Hall–Kier alpha value is -1.85. The number of pyridine rings is 1. The molecule has 1 rings (SSSR count). The molecule has 106 valence electrons. The molecule has 6 heteroatoms. The molecule has 0 saturated heterocycles. The molecule has 0 atom stereocenters. The highest BCUT2D eigenvalue weighted by atomic mass is 16.6. The van der Waals surface area contributed by atoms with Crippen LogP contribution in [0, 0.1) is 10.1 Å². The standard InChI is InChI=1S/C13H22N4O2/c1-3-5-9-14-12-8-7-11(17(18)19)13(16-12)15-10-6-4-2/h7-8H,3-6,9-10H2,1-2H3,(H2,14,15,16). The van der Waals surface area contributed by atoms with Crippen molar-refractivity contribution in [1.82, 2.24) is 4.98 Å². The Morgan fingerprint density at radius 2 is 1.79 bits per heavy atom. The van der Waals surface area contributed by atoms with Gasteiger partial charge in [-0.2, -0.15) is 0 Å². The summed E-state index contributed by atoms with van der Waals surface area (Å²) in [5.41, 5.74) is 0.0251. The van der Waals surface area contributed by atoms with Crippen LogP contribution in [0.2, 0.25) is 0 Å². The average Bonchev–Trinajstić information content (AvgIpc) is 2.39. The van der Waals surface area contributed by atoms with E-state index in [0.29, 0.717) is 18.2 Å². The Bertz CT molecular complexity index is 410. The van der Waals surface area contributed by atoms with Crippen LogP contribution in [0.25, 0.3) is 0 Å². The van der Waals surface area contributed by atoms with Gasteiger partial charge in [-0.05, 0) is 18.9 Å². The van der Waals surface area contributed by atoms with E-state index in [4.69, 9.17) is 0 Å². The smallest absolute Gasteiger partial charge is 0.311 e. The Kier molecular flexibility index (Phi) is 6.63. The highest BCUT2D eigenvalue weighted by molar-refractivity contribution is 5.60. The molecular weight excluding hydrogens is 244 g/mol. The number of hydrogen-bond acceptors (Lipinski definition) is 5. The number of nitro groups is 1. The van der Waals surface area contributed by atoms with Crippen LogP contribution in [-0.4, -0.2) is 23.0 Å². The van der Waals surface area contributed by atoms with Crippen molar-refractivity contribution < 1.29 is 4.92 Å². The van der Waals surface area contributed by atoms with Crippen molar-refractivity contribution in [2.45, 2.75) is 39.5 Å². The molecule has 0 spiro atoms. The SMILES string of the molecule is CCCCNc1ccc([N+](=O)[O-])c(NCCCC)n1. The number of nitrogens with zero attached hydrogens (tertiary/aromatic N) is 2. The van der Waals surface area contributed by atoms with Gasteiger partial charge in [0.05, 0.1) is 4.92 Å². The first kappa shape index (κ1) is 15.2. The fourth-order valence-corrected chi connectivity index (χ4v) is 1.60. The highest BCUT2D eigenvalue weighted by Gasteiger charge is 2.15. The number of nitrogens with one attached hydrogen (secondary N) is 2. The summed E-state index contributed by atoms with van der Waals surface area (Å²) in [6, 6.07) is 3.15. The number of aromatic nitrogens is 1. The summed E-state index contributed by atoms with van der Waals surface area (Å²) >= 11 is 0. The zero-order chi connectivity index (χ0) is 14.1. The minimum Gasteiger partial charge on any atom is -0.370 e. The molecule has 0 aliphatic rings. The maximum atomic E-state index is 10.9. The second-order valence-corrected chi connectivity index (χ2v) is 4.38. The molecule has 6 nitrogen and oxygen atoms in total. The summed E-state index contributed by atoms with van der Waals surface area (Å²) in [6.45, 7) is 5.72. The van der Waals surface area contributed by atoms with Crippen LogP contribution in [0.1, 0.15) is 39.5 Å². The lowest BCUT2D eigenvalue weighted by atomic mass is 10.3. The van der Waals surface area contributed by atoms with Gasteiger partial charge in [0.15, 0.2) is 0 Å². The lowest BCUT2D eigenvalue weighted by Gasteiger charge is -2.09. The lowest BCUT2D eigenvalue weighted by molar-refractivity contribution is -0.384. The van der Waals surface area contributed by atoms with E-state index in [0.717, 1.165) is 32.2 Å². The van der Waals surface area contributed by atoms with Crippen LogP contribution in [0.5, 0.6) is 0 Å². The highest BCUT2D eigenvalue weighted by Crippen LogP contribution is 2.23. The third-order valence-electron chi connectivity index (χ3n) is 2.73. The van der Waals surface area contributed by atoms with Gasteiger partial charge in [0.25, 0.3) is 0 Å². The fourth-order valence-electron chi connectivity index (χ4n) is 1.60. The second-order valence-electron chi connectivity index (χ2n) is 4.38. The fraction of sp³-hybridized carbons (Fsp3) is 0.615. The Morgan fingerprint density at radius 1 is 1.16 bits per heavy atom. The van der Waals surface area contributed by atoms with Gasteiger partial charge in [0, 0.05) is 19.2 Å². The van der Waals surface area contributed by atoms with E-state index < -0.39 is 4.92 Å². The maximum absolute atomic E-state index is 10.9. The quantitative estimate of drug-likeness (QED) is 0.406. The van der Waals surface area contributed by atoms with E-state index in [9.17, 15) is 10.1 Å². The van der Waals surface area contributed by atoms with Gasteiger partial charge in [-0.15, -0.1) is 0 Å². The molecule has 0 aliphatic carbocycles. The van der Waals surface area contributed by atoms with Gasteiger partial charge >= 0.3 is 5.69 Å². The first-order valence-electron chi connectivity index (χ1n) is 6.82. The predicted molar refractivity (Wildman–Crippen MR) is 77.7 cm³/mol. The summed E-state index contributed by atoms with van der Waals surface area (Å²) in [4.78, 5) is 14.8. The molecule has 0 unspecified atom stereocenters. The molecule has 0 bridgehead atoms. The Balaban J connectivity index is 2.75. The van der Waals surface area contributed by atoms with E-state index in [1.54, 1.807) is 6.07 Å². The van der Waals surface area contributed by atoms with Crippen LogP contribution >= 0.6 is 0 Å². The van der Waals surface area contributed by atoms with Crippen LogP contribution in [0.4, 0.5) is 17.3 Å². The van der Waals surface area contributed by atoms with Gasteiger partial charge in [0.1, 0.15) is 5.82 Å². The van der Waals surface area contributed by atoms with Crippen molar-refractivity contribution in [1.29, 1.82) is 0 Å². The van der Waals surface area contributed by atoms with Crippen molar-refractivity contribution in [3.8, 4) is 0 Å². The molecule has 19 heavy (non-hydrogen) atoms. The molecule has 0 radical (unpaired) electrons. The van der Waals surface area contributed by atoms with Crippen LogP contribution in [-0.2, 0) is 0 Å². The van der Waals surface area contributed by atoms with Gasteiger partial charge in [-0.3, -0.25) is 10.1 Å². The third-order valence-corrected chi connectivity index (χ3v) is 2.73. The zero-order valence-electron chi connectivity index (χ0n) is 11.6. The Labute approximate surface area is 113 Å². The van der Waals surface area contributed by atoms with E-state index in [-0.39, 0.29) is 5.69 Å². The largest absolute Gasteiger partial charge is 0.370 e. The summed E-state index contributed by atoms with van der Waals surface area (Å²) in [7, 11) is 0. The summed E-state index contributed by atoms with van der Waals surface area (Å²) in [5.74, 6) is 1.03. The molecule has 0 saturated carbocycles. The molecule has 0 fully saturated rings. The van der Waals surface area contributed by atoms with Crippen molar-refractivity contribution in [2.24, 2.45) is 0 Å². The van der Waals surface area contributed by atoms with E-state index >= 15 is 0 Å². The maximum Gasteiger partial charge on any atom is 0.311 e. The van der Waals surface area contributed by atoms with E-state index in [1.807, 2.05) is 0 Å². The van der Waals surface area contributed by atoms with E-state index in [1.165, 1.54) is 6.07 Å². The summed E-state index contributed by atoms with van der Waals surface area (Å²) in [6.07, 6.45) is 4.15. The van der Waals surface area contributed by atoms with Gasteiger partial charge in [-0.1, -0.05) is 26.7 Å². The van der Waals surface area contributed by atoms with Crippen molar-refractivity contribution >= 4 is 17.3 Å². The van der Waals surface area contributed by atoms with Crippen molar-refractivity contribution in [3.63, 3.8) is 0 Å². The molecule has 1 aromatic heterocycles. The molecule has 2 N–H and O–H groups in total. The Morgan fingerprint density at radius 3 is 2.37 bits per heavy atom. The first-order chi connectivity index (χ1) is 9.19. The van der Waals surface area contributed by atoms with Crippen LogP contribution in [0.3, 0.4) is 0 Å². The third kappa shape index (κ3) is 5.11. The van der Waals surface area contributed by atoms with Gasteiger partial charge < -0.3 is 10.6 Å².